The van der Waals surface area contributed by atoms with Gasteiger partial charge in [0.1, 0.15) is 12.1 Å². The van der Waals surface area contributed by atoms with Crippen LogP contribution in [0.15, 0.2) is 18.5 Å². The third kappa shape index (κ3) is 3.06. The molecule has 0 unspecified atom stereocenters. The van der Waals surface area contributed by atoms with Crippen molar-refractivity contribution in [1.29, 1.82) is 0 Å². The quantitative estimate of drug-likeness (QED) is 0.911. The van der Waals surface area contributed by atoms with Crippen molar-refractivity contribution in [2.24, 2.45) is 0 Å². The second-order valence-electron chi connectivity index (χ2n) is 3.95. The average Bonchev–Trinajstić information content (AvgIpc) is 2.69. The summed E-state index contributed by atoms with van der Waals surface area (Å²) in [6, 6.07) is 3.58. The molecule has 2 aromatic rings. The third-order valence-electron chi connectivity index (χ3n) is 2.38. The maximum absolute atomic E-state index is 11.3. The van der Waals surface area contributed by atoms with E-state index in [2.05, 4.69) is 20.4 Å². The minimum atomic E-state index is -0.541. The van der Waals surface area contributed by atoms with Gasteiger partial charge in [-0.15, -0.1) is 0 Å². The minimum absolute atomic E-state index is 0.307. The van der Waals surface area contributed by atoms with Gasteiger partial charge in [0.2, 0.25) is 0 Å². The van der Waals surface area contributed by atoms with Gasteiger partial charge >= 0.3 is 6.09 Å². The number of aromatic nitrogens is 4. The van der Waals surface area contributed by atoms with E-state index in [1.807, 2.05) is 19.9 Å². The van der Waals surface area contributed by atoms with Crippen molar-refractivity contribution < 1.29 is 9.53 Å². The van der Waals surface area contributed by atoms with Crippen LogP contribution in [0.5, 0.6) is 0 Å². The van der Waals surface area contributed by atoms with Crippen LogP contribution >= 0.6 is 0 Å². The number of amides is 1. The van der Waals surface area contributed by atoms with Crippen molar-refractivity contribution in [3.05, 3.63) is 29.8 Å². The number of carbonyl (C=O) groups excluding carboxylic acids is 1. The van der Waals surface area contributed by atoms with Gasteiger partial charge in [-0.25, -0.2) is 19.4 Å². The Morgan fingerprint density at radius 2 is 2.16 bits per heavy atom. The fourth-order valence-corrected chi connectivity index (χ4v) is 1.66. The maximum atomic E-state index is 11.3. The first-order valence-corrected chi connectivity index (χ1v) is 5.89. The molecule has 1 N–H and O–H groups in total. The molecule has 0 saturated carbocycles. The van der Waals surface area contributed by atoms with E-state index >= 15 is 0 Å². The lowest BCUT2D eigenvalue weighted by Crippen LogP contribution is -2.15. The fourth-order valence-electron chi connectivity index (χ4n) is 1.66. The monoisotopic (exact) mass is 261 g/mol. The Hall–Kier alpha value is -2.44. The summed E-state index contributed by atoms with van der Waals surface area (Å²) in [7, 11) is 0. The number of nitrogens with zero attached hydrogens (tertiary/aromatic N) is 4. The number of hydrogen-bond donors (Lipinski definition) is 1. The van der Waals surface area contributed by atoms with E-state index in [0.717, 1.165) is 11.4 Å². The summed E-state index contributed by atoms with van der Waals surface area (Å²) >= 11 is 0. The van der Waals surface area contributed by atoms with Crippen LogP contribution in [0.4, 0.5) is 10.6 Å². The van der Waals surface area contributed by atoms with Crippen LogP contribution in [0.25, 0.3) is 5.82 Å². The zero-order chi connectivity index (χ0) is 13.8. The highest BCUT2D eigenvalue weighted by Crippen LogP contribution is 2.12. The molecule has 0 bridgehead atoms. The predicted octanol–water partition coefficient (Wildman–Crippen LogP) is 1.85. The molecule has 19 heavy (non-hydrogen) atoms. The van der Waals surface area contributed by atoms with E-state index in [1.165, 1.54) is 6.33 Å². The highest BCUT2D eigenvalue weighted by Gasteiger charge is 2.08. The van der Waals surface area contributed by atoms with Crippen molar-refractivity contribution in [3.63, 3.8) is 0 Å². The zero-order valence-electron chi connectivity index (χ0n) is 11.0. The number of ether oxygens (including phenoxy) is 1. The SMILES string of the molecule is CCOC(=O)Nc1cc(-n2nc(C)cc2C)ncn1. The van der Waals surface area contributed by atoms with Gasteiger partial charge in [-0.05, 0) is 26.8 Å². The van der Waals surface area contributed by atoms with Gasteiger partial charge in [0.05, 0.1) is 12.3 Å². The van der Waals surface area contributed by atoms with Crippen molar-refractivity contribution in [3.8, 4) is 5.82 Å². The van der Waals surface area contributed by atoms with Crippen molar-refractivity contribution in [2.75, 3.05) is 11.9 Å². The Balaban J connectivity index is 2.24. The molecule has 0 saturated heterocycles. The predicted molar refractivity (Wildman–Crippen MR) is 69.3 cm³/mol. The van der Waals surface area contributed by atoms with Crippen LogP contribution in [0, 0.1) is 13.8 Å². The van der Waals surface area contributed by atoms with Gasteiger partial charge in [-0.1, -0.05) is 0 Å². The second kappa shape index (κ2) is 5.47. The van der Waals surface area contributed by atoms with Crippen LogP contribution in [0.3, 0.4) is 0 Å². The van der Waals surface area contributed by atoms with Crippen LogP contribution in [0.2, 0.25) is 0 Å². The summed E-state index contributed by atoms with van der Waals surface area (Å²) in [6.07, 6.45) is 0.827. The Morgan fingerprint density at radius 3 is 2.79 bits per heavy atom. The molecule has 0 aromatic carbocycles. The van der Waals surface area contributed by atoms with E-state index in [4.69, 9.17) is 4.74 Å². The molecule has 0 spiro atoms. The molecule has 0 fully saturated rings. The van der Waals surface area contributed by atoms with E-state index in [0.29, 0.717) is 18.2 Å². The van der Waals surface area contributed by atoms with Crippen LogP contribution in [-0.2, 0) is 4.74 Å². The molecule has 0 atom stereocenters. The molecule has 7 heteroatoms. The Labute approximate surface area is 110 Å². The normalized spacial score (nSPS) is 10.3. The lowest BCUT2D eigenvalue weighted by atomic mass is 10.4. The maximum Gasteiger partial charge on any atom is 0.412 e. The Morgan fingerprint density at radius 1 is 1.37 bits per heavy atom. The third-order valence-corrected chi connectivity index (χ3v) is 2.38. The van der Waals surface area contributed by atoms with Gasteiger partial charge in [0.15, 0.2) is 5.82 Å². The first kappa shape index (κ1) is 13.0. The number of carbonyl (C=O) groups is 1. The molecule has 100 valence electrons. The lowest BCUT2D eigenvalue weighted by Gasteiger charge is -2.06. The summed E-state index contributed by atoms with van der Waals surface area (Å²) in [5, 5.41) is 6.85. The van der Waals surface area contributed by atoms with Gasteiger partial charge in [0, 0.05) is 11.8 Å². The van der Waals surface area contributed by atoms with Crippen LogP contribution < -0.4 is 5.32 Å². The molecule has 2 heterocycles. The largest absolute Gasteiger partial charge is 0.450 e. The fraction of sp³-hybridized carbons (Fsp3) is 0.333. The standard InChI is InChI=1S/C12H15N5O2/c1-4-19-12(18)15-10-6-11(14-7-13-10)17-9(3)5-8(2)16-17/h5-7H,4H2,1-3H3,(H,13,14,15,18). The molecule has 2 aromatic heterocycles. The molecule has 0 aliphatic carbocycles. The second-order valence-corrected chi connectivity index (χ2v) is 3.95. The van der Waals surface area contributed by atoms with Gasteiger partial charge in [-0.3, -0.25) is 5.32 Å². The van der Waals surface area contributed by atoms with Crippen LogP contribution in [0.1, 0.15) is 18.3 Å². The van der Waals surface area contributed by atoms with Gasteiger partial charge in [0.25, 0.3) is 0 Å². The highest BCUT2D eigenvalue weighted by molar-refractivity contribution is 5.83. The molecular formula is C12H15N5O2. The summed E-state index contributed by atoms with van der Waals surface area (Å²) in [5.41, 5.74) is 1.86. The van der Waals surface area contributed by atoms with Crippen molar-refractivity contribution >= 4 is 11.9 Å². The first-order chi connectivity index (χ1) is 9.10. The minimum Gasteiger partial charge on any atom is -0.450 e. The highest BCUT2D eigenvalue weighted by atomic mass is 16.5. The van der Waals surface area contributed by atoms with Crippen molar-refractivity contribution in [2.45, 2.75) is 20.8 Å². The van der Waals surface area contributed by atoms with Crippen molar-refractivity contribution in [1.82, 2.24) is 19.7 Å². The summed E-state index contributed by atoms with van der Waals surface area (Å²) in [6.45, 7) is 5.88. The molecule has 0 radical (unpaired) electrons. The van der Waals surface area contributed by atoms with E-state index in [9.17, 15) is 4.79 Å². The number of hydrogen-bond acceptors (Lipinski definition) is 5. The van der Waals surface area contributed by atoms with E-state index in [1.54, 1.807) is 17.7 Å². The van der Waals surface area contributed by atoms with E-state index < -0.39 is 6.09 Å². The molecule has 0 aliphatic heterocycles. The zero-order valence-corrected chi connectivity index (χ0v) is 11.0. The summed E-state index contributed by atoms with van der Waals surface area (Å²) in [4.78, 5) is 19.4. The van der Waals surface area contributed by atoms with Gasteiger partial charge in [-0.2, -0.15) is 5.10 Å². The Bertz CT molecular complexity index is 594. The number of anilines is 1. The number of nitrogens with one attached hydrogen (secondary N) is 1. The van der Waals surface area contributed by atoms with Crippen LogP contribution in [-0.4, -0.2) is 32.4 Å². The molecule has 1 amide bonds. The molecule has 0 aliphatic rings. The smallest absolute Gasteiger partial charge is 0.412 e. The lowest BCUT2D eigenvalue weighted by molar-refractivity contribution is 0.168. The molecular weight excluding hydrogens is 246 g/mol. The first-order valence-electron chi connectivity index (χ1n) is 5.89. The molecule has 2 rings (SSSR count). The summed E-state index contributed by atoms with van der Waals surface area (Å²) < 4.78 is 6.47. The number of aryl methyl sites for hydroxylation is 2. The number of rotatable bonds is 3. The van der Waals surface area contributed by atoms with E-state index in [-0.39, 0.29) is 0 Å². The average molecular weight is 261 g/mol. The Kier molecular flexibility index (Phi) is 3.74. The molecule has 7 nitrogen and oxygen atoms in total. The van der Waals surface area contributed by atoms with Gasteiger partial charge < -0.3 is 4.74 Å². The topological polar surface area (TPSA) is 81.9 Å². The summed E-state index contributed by atoms with van der Waals surface area (Å²) in [5.74, 6) is 0.961.